The number of aromatic nitrogens is 2. The first-order valence-corrected chi connectivity index (χ1v) is 8.24. The van der Waals surface area contributed by atoms with Crippen LogP contribution in [0.15, 0.2) is 36.0 Å². The van der Waals surface area contributed by atoms with Gasteiger partial charge in [0.05, 0.1) is 12.5 Å². The molecule has 0 aliphatic heterocycles. The Balaban J connectivity index is 2.09. The molecule has 0 saturated heterocycles. The number of fused-ring (bicyclic) bond motifs is 1. The molecule has 1 unspecified atom stereocenters. The van der Waals surface area contributed by atoms with Crippen molar-refractivity contribution in [2.75, 3.05) is 12.4 Å². The Hall–Kier alpha value is -2.14. The molecular formula is C17H19N3OS. The highest BCUT2D eigenvalue weighted by molar-refractivity contribution is 7.17. The summed E-state index contributed by atoms with van der Waals surface area (Å²) in [6, 6.07) is 8.47. The van der Waals surface area contributed by atoms with Gasteiger partial charge in [-0.3, -0.25) is 0 Å². The lowest BCUT2D eigenvalue weighted by molar-refractivity contribution is 0.415. The second-order valence-electron chi connectivity index (χ2n) is 5.23. The number of methoxy groups -OCH3 is 1. The van der Waals surface area contributed by atoms with Crippen LogP contribution in [0.25, 0.3) is 21.3 Å². The summed E-state index contributed by atoms with van der Waals surface area (Å²) in [5.41, 5.74) is 2.31. The zero-order chi connectivity index (χ0) is 15.5. The first-order chi connectivity index (χ1) is 10.7. The number of thiophene rings is 1. The third-order valence-electron chi connectivity index (χ3n) is 3.77. The van der Waals surface area contributed by atoms with Gasteiger partial charge in [-0.2, -0.15) is 0 Å². The van der Waals surface area contributed by atoms with Crippen molar-refractivity contribution in [3.8, 4) is 16.9 Å². The van der Waals surface area contributed by atoms with E-state index in [0.717, 1.165) is 39.3 Å². The van der Waals surface area contributed by atoms with Crippen LogP contribution in [0.5, 0.6) is 5.75 Å². The van der Waals surface area contributed by atoms with Crippen LogP contribution in [-0.2, 0) is 0 Å². The minimum atomic E-state index is 0.377. The fourth-order valence-electron chi connectivity index (χ4n) is 2.30. The third kappa shape index (κ3) is 2.76. The molecule has 1 atom stereocenters. The molecule has 114 valence electrons. The lowest BCUT2D eigenvalue weighted by Gasteiger charge is -2.13. The van der Waals surface area contributed by atoms with E-state index in [1.807, 2.05) is 12.1 Å². The van der Waals surface area contributed by atoms with Gasteiger partial charge >= 0.3 is 0 Å². The number of hydrogen-bond acceptors (Lipinski definition) is 5. The maximum atomic E-state index is 5.23. The molecule has 2 heterocycles. The van der Waals surface area contributed by atoms with Gasteiger partial charge in [0.1, 0.15) is 22.7 Å². The predicted octanol–water partition coefficient (Wildman–Crippen LogP) is 4.58. The molecule has 0 bridgehead atoms. The average molecular weight is 313 g/mol. The van der Waals surface area contributed by atoms with Gasteiger partial charge in [-0.25, -0.2) is 9.97 Å². The number of benzene rings is 1. The van der Waals surface area contributed by atoms with Crippen LogP contribution in [-0.4, -0.2) is 23.1 Å². The van der Waals surface area contributed by atoms with Gasteiger partial charge in [-0.15, -0.1) is 11.3 Å². The van der Waals surface area contributed by atoms with Crippen LogP contribution in [0.2, 0.25) is 0 Å². The number of anilines is 1. The van der Waals surface area contributed by atoms with Gasteiger partial charge in [0, 0.05) is 17.0 Å². The molecule has 22 heavy (non-hydrogen) atoms. The second-order valence-corrected chi connectivity index (χ2v) is 6.09. The summed E-state index contributed by atoms with van der Waals surface area (Å²) >= 11 is 1.65. The normalized spacial score (nSPS) is 12.3. The van der Waals surface area contributed by atoms with Crippen LogP contribution in [0, 0.1) is 0 Å². The quantitative estimate of drug-likeness (QED) is 0.749. The third-order valence-corrected chi connectivity index (χ3v) is 4.65. The lowest BCUT2D eigenvalue weighted by atomic mass is 10.1. The Labute approximate surface area is 134 Å². The molecule has 0 fully saturated rings. The van der Waals surface area contributed by atoms with Crippen LogP contribution >= 0.6 is 11.3 Å². The van der Waals surface area contributed by atoms with E-state index < -0.39 is 0 Å². The van der Waals surface area contributed by atoms with Crippen LogP contribution in [0.1, 0.15) is 20.3 Å². The summed E-state index contributed by atoms with van der Waals surface area (Å²) < 4.78 is 5.23. The molecule has 0 amide bonds. The first kappa shape index (κ1) is 14.8. The summed E-state index contributed by atoms with van der Waals surface area (Å²) in [4.78, 5) is 9.85. The summed E-state index contributed by atoms with van der Waals surface area (Å²) in [5, 5.41) is 6.72. The molecule has 2 aromatic heterocycles. The SMILES string of the molecule is CCC(C)Nc1ncnc2scc(-c3ccc(OC)cc3)c12. The van der Waals surface area contributed by atoms with Gasteiger partial charge in [-0.1, -0.05) is 19.1 Å². The minimum absolute atomic E-state index is 0.377. The zero-order valence-electron chi connectivity index (χ0n) is 13.0. The molecular weight excluding hydrogens is 294 g/mol. The Bertz CT molecular complexity index is 767. The number of nitrogens with zero attached hydrogens (tertiary/aromatic N) is 2. The number of hydrogen-bond donors (Lipinski definition) is 1. The van der Waals surface area contributed by atoms with Crippen molar-refractivity contribution >= 4 is 27.4 Å². The molecule has 0 radical (unpaired) electrons. The predicted molar refractivity (Wildman–Crippen MR) is 92.8 cm³/mol. The minimum Gasteiger partial charge on any atom is -0.497 e. The van der Waals surface area contributed by atoms with Gasteiger partial charge in [0.2, 0.25) is 0 Å². The molecule has 0 aliphatic carbocycles. The van der Waals surface area contributed by atoms with Crippen molar-refractivity contribution in [2.45, 2.75) is 26.3 Å². The lowest BCUT2D eigenvalue weighted by Crippen LogP contribution is -2.14. The first-order valence-electron chi connectivity index (χ1n) is 7.36. The van der Waals surface area contributed by atoms with Crippen molar-refractivity contribution in [3.05, 3.63) is 36.0 Å². The monoisotopic (exact) mass is 313 g/mol. The van der Waals surface area contributed by atoms with Crippen LogP contribution in [0.3, 0.4) is 0 Å². The van der Waals surface area contributed by atoms with Crippen molar-refractivity contribution < 1.29 is 4.74 Å². The number of rotatable bonds is 5. The Morgan fingerprint density at radius 3 is 2.68 bits per heavy atom. The molecule has 3 aromatic rings. The van der Waals surface area contributed by atoms with E-state index in [1.54, 1.807) is 24.8 Å². The van der Waals surface area contributed by atoms with Crippen molar-refractivity contribution in [3.63, 3.8) is 0 Å². The largest absolute Gasteiger partial charge is 0.497 e. The summed E-state index contributed by atoms with van der Waals surface area (Å²) in [6.07, 6.45) is 2.68. The Morgan fingerprint density at radius 2 is 2.00 bits per heavy atom. The fraction of sp³-hybridized carbons (Fsp3) is 0.294. The number of ether oxygens (including phenoxy) is 1. The highest BCUT2D eigenvalue weighted by Gasteiger charge is 2.14. The van der Waals surface area contributed by atoms with Crippen LogP contribution in [0.4, 0.5) is 5.82 Å². The van der Waals surface area contributed by atoms with Crippen molar-refractivity contribution in [1.82, 2.24) is 9.97 Å². The summed E-state index contributed by atoms with van der Waals surface area (Å²) in [5.74, 6) is 1.77. The van der Waals surface area contributed by atoms with E-state index in [9.17, 15) is 0 Å². The average Bonchev–Trinajstić information content (AvgIpc) is 3.00. The standard InChI is InChI=1S/C17H19N3OS/c1-4-11(2)20-16-15-14(9-22-17(15)19-10-18-16)12-5-7-13(21-3)8-6-12/h5-11H,4H2,1-3H3,(H,18,19,20). The van der Waals surface area contributed by atoms with E-state index in [-0.39, 0.29) is 0 Å². The van der Waals surface area contributed by atoms with E-state index in [1.165, 1.54) is 0 Å². The Morgan fingerprint density at radius 1 is 1.23 bits per heavy atom. The molecule has 0 saturated carbocycles. The number of nitrogens with one attached hydrogen (secondary N) is 1. The summed E-state index contributed by atoms with van der Waals surface area (Å²) in [7, 11) is 1.68. The van der Waals surface area contributed by atoms with E-state index in [4.69, 9.17) is 4.74 Å². The van der Waals surface area contributed by atoms with Gasteiger partial charge in [0.25, 0.3) is 0 Å². The second kappa shape index (κ2) is 6.32. The molecule has 3 rings (SSSR count). The molecule has 1 aromatic carbocycles. The Kier molecular flexibility index (Phi) is 4.24. The maximum Gasteiger partial charge on any atom is 0.139 e. The van der Waals surface area contributed by atoms with E-state index >= 15 is 0 Å². The molecule has 0 aliphatic rings. The van der Waals surface area contributed by atoms with Gasteiger partial charge in [0.15, 0.2) is 0 Å². The molecule has 1 N–H and O–H groups in total. The highest BCUT2D eigenvalue weighted by atomic mass is 32.1. The molecule has 5 heteroatoms. The molecule has 4 nitrogen and oxygen atoms in total. The van der Waals surface area contributed by atoms with Crippen molar-refractivity contribution in [2.24, 2.45) is 0 Å². The van der Waals surface area contributed by atoms with E-state index in [0.29, 0.717) is 6.04 Å². The van der Waals surface area contributed by atoms with Crippen molar-refractivity contribution in [1.29, 1.82) is 0 Å². The maximum absolute atomic E-state index is 5.23. The summed E-state index contributed by atoms with van der Waals surface area (Å²) in [6.45, 7) is 4.32. The zero-order valence-corrected chi connectivity index (χ0v) is 13.8. The van der Waals surface area contributed by atoms with E-state index in [2.05, 4.69) is 46.6 Å². The van der Waals surface area contributed by atoms with Gasteiger partial charge in [-0.05, 0) is 31.0 Å². The topological polar surface area (TPSA) is 47.0 Å². The smallest absolute Gasteiger partial charge is 0.139 e. The van der Waals surface area contributed by atoms with Gasteiger partial charge < -0.3 is 10.1 Å². The fourth-order valence-corrected chi connectivity index (χ4v) is 3.22. The highest BCUT2D eigenvalue weighted by Crippen LogP contribution is 2.37. The van der Waals surface area contributed by atoms with Crippen LogP contribution < -0.4 is 10.1 Å². The molecule has 0 spiro atoms.